The summed E-state index contributed by atoms with van der Waals surface area (Å²) in [6.07, 6.45) is -9.34. The van der Waals surface area contributed by atoms with Gasteiger partial charge in [-0.05, 0) is 65.2 Å². The zero-order valence-corrected chi connectivity index (χ0v) is 14.8. The van der Waals surface area contributed by atoms with E-state index in [0.29, 0.717) is 5.56 Å². The van der Waals surface area contributed by atoms with Crippen LogP contribution in [-0.4, -0.2) is 12.6 Å². The molecule has 0 N–H and O–H groups in total. The van der Waals surface area contributed by atoms with Crippen molar-refractivity contribution in [2.75, 3.05) is 6.61 Å². The first-order valence-corrected chi connectivity index (χ1v) is 8.26. The van der Waals surface area contributed by atoms with E-state index in [4.69, 9.17) is 4.74 Å². The number of ether oxygens (including phenoxy) is 1. The number of benzene rings is 3. The maximum atomic E-state index is 13.2. The fourth-order valence-corrected chi connectivity index (χ4v) is 3.23. The third-order valence-electron chi connectivity index (χ3n) is 4.51. The van der Waals surface area contributed by atoms with Crippen LogP contribution in [0.25, 0.3) is 21.5 Å². The number of halogens is 6. The van der Waals surface area contributed by atoms with E-state index in [0.717, 1.165) is 36.4 Å². The highest BCUT2D eigenvalue weighted by Crippen LogP contribution is 2.40. The van der Waals surface area contributed by atoms with Crippen molar-refractivity contribution < 1.29 is 35.9 Å². The number of rotatable bonds is 2. The molecule has 0 aliphatic carbocycles. The third kappa shape index (κ3) is 3.39. The van der Waals surface area contributed by atoms with Gasteiger partial charge >= 0.3 is 18.3 Å². The molecule has 0 aliphatic heterocycles. The molecule has 28 heavy (non-hydrogen) atoms. The fraction of sp³-hybridized carbons (Fsp3) is 0.250. The van der Waals surface area contributed by atoms with E-state index in [1.807, 2.05) is 0 Å². The molecule has 0 unspecified atom stereocenters. The molecule has 0 atom stereocenters. The van der Waals surface area contributed by atoms with Crippen molar-refractivity contribution >= 4 is 27.5 Å². The molecule has 148 valence electrons. The van der Waals surface area contributed by atoms with Crippen LogP contribution < -0.4 is 0 Å². The van der Waals surface area contributed by atoms with Gasteiger partial charge in [0.25, 0.3) is 0 Å². The molecule has 0 amide bonds. The molecule has 2 nitrogen and oxygen atoms in total. The van der Waals surface area contributed by atoms with Gasteiger partial charge in [0.15, 0.2) is 0 Å². The molecule has 0 aromatic heterocycles. The van der Waals surface area contributed by atoms with Crippen LogP contribution >= 0.6 is 0 Å². The maximum absolute atomic E-state index is 13.2. The van der Waals surface area contributed by atoms with Crippen LogP contribution in [0.3, 0.4) is 0 Å². The largest absolute Gasteiger partial charge is 0.462 e. The van der Waals surface area contributed by atoms with Gasteiger partial charge in [-0.25, -0.2) is 4.79 Å². The lowest BCUT2D eigenvalue weighted by molar-refractivity contribution is -0.138. The number of carbonyl (C=O) groups excluding carboxylic acids is 1. The minimum atomic E-state index is -4.68. The van der Waals surface area contributed by atoms with E-state index in [9.17, 15) is 31.1 Å². The Bertz CT molecular complexity index is 1080. The molecule has 0 saturated heterocycles. The molecule has 8 heteroatoms. The molecule has 0 fully saturated rings. The van der Waals surface area contributed by atoms with Gasteiger partial charge in [0.1, 0.15) is 0 Å². The van der Waals surface area contributed by atoms with Crippen molar-refractivity contribution in [1.29, 1.82) is 0 Å². The lowest BCUT2D eigenvalue weighted by Gasteiger charge is -2.17. The third-order valence-corrected chi connectivity index (χ3v) is 4.51. The van der Waals surface area contributed by atoms with Gasteiger partial charge in [-0.2, -0.15) is 26.3 Å². The standard InChI is InChI=1S/C20H14F6O2/c1-3-28-18(27)17-10(2)13-6-4-11(19(21,22)23)8-15(13)16-9-12(20(24,25)26)5-7-14(16)17/h4-9H,3H2,1-2H3. The Kier molecular flexibility index (Phi) is 4.77. The number of fused-ring (bicyclic) bond motifs is 3. The van der Waals surface area contributed by atoms with E-state index in [2.05, 4.69) is 0 Å². The summed E-state index contributed by atoms with van der Waals surface area (Å²) in [6, 6.07) is 5.46. The number of aryl methyl sites for hydroxylation is 1. The lowest BCUT2D eigenvalue weighted by Crippen LogP contribution is -2.10. The minimum absolute atomic E-state index is 0.0125. The average molecular weight is 400 g/mol. The first-order chi connectivity index (χ1) is 12.9. The van der Waals surface area contributed by atoms with E-state index in [1.54, 1.807) is 6.92 Å². The Hall–Kier alpha value is -2.77. The predicted octanol–water partition coefficient (Wildman–Crippen LogP) is 6.52. The SMILES string of the molecule is CCOC(=O)c1c(C)c2ccc(C(F)(F)F)cc2c2cc(C(F)(F)F)ccc12. The summed E-state index contributed by atoms with van der Waals surface area (Å²) in [6.45, 7) is 3.15. The molecule has 0 heterocycles. The second-order valence-corrected chi connectivity index (χ2v) is 6.24. The van der Waals surface area contributed by atoms with Gasteiger partial charge in [0.2, 0.25) is 0 Å². The van der Waals surface area contributed by atoms with Crippen LogP contribution in [-0.2, 0) is 17.1 Å². The Morgan fingerprint density at radius 3 is 1.75 bits per heavy atom. The van der Waals surface area contributed by atoms with Gasteiger partial charge < -0.3 is 4.74 Å². The predicted molar refractivity (Wildman–Crippen MR) is 92.2 cm³/mol. The quantitative estimate of drug-likeness (QED) is 0.278. The normalized spacial score (nSPS) is 12.6. The summed E-state index contributed by atoms with van der Waals surface area (Å²) in [7, 11) is 0. The minimum Gasteiger partial charge on any atom is -0.462 e. The van der Waals surface area contributed by atoms with E-state index in [1.165, 1.54) is 6.92 Å². The number of esters is 1. The molecule has 0 aliphatic rings. The van der Waals surface area contributed by atoms with Crippen LogP contribution in [0.4, 0.5) is 26.3 Å². The first kappa shape index (κ1) is 20.0. The summed E-state index contributed by atoms with van der Waals surface area (Å²) in [5.41, 5.74) is -1.62. The van der Waals surface area contributed by atoms with Crippen LogP contribution in [0.5, 0.6) is 0 Å². The van der Waals surface area contributed by atoms with Crippen LogP contribution in [0, 0.1) is 6.92 Å². The summed E-state index contributed by atoms with van der Waals surface area (Å²) in [4.78, 5) is 12.4. The molecule has 0 radical (unpaired) electrons. The number of alkyl halides is 6. The van der Waals surface area contributed by atoms with Crippen LogP contribution in [0.15, 0.2) is 36.4 Å². The topological polar surface area (TPSA) is 26.3 Å². The Labute approximate surface area is 155 Å². The zero-order valence-electron chi connectivity index (χ0n) is 14.8. The number of carbonyl (C=O) groups is 1. The molecule has 3 rings (SSSR count). The van der Waals surface area contributed by atoms with E-state index < -0.39 is 29.4 Å². The first-order valence-electron chi connectivity index (χ1n) is 8.26. The maximum Gasteiger partial charge on any atom is 0.416 e. The van der Waals surface area contributed by atoms with Crippen molar-refractivity contribution in [1.82, 2.24) is 0 Å². The van der Waals surface area contributed by atoms with Crippen molar-refractivity contribution in [3.63, 3.8) is 0 Å². The molecular formula is C20H14F6O2. The van der Waals surface area contributed by atoms with Gasteiger partial charge in [0.05, 0.1) is 23.3 Å². The van der Waals surface area contributed by atoms with Crippen LogP contribution in [0.1, 0.15) is 34.0 Å². The van der Waals surface area contributed by atoms with Gasteiger partial charge in [0, 0.05) is 0 Å². The summed E-state index contributed by atoms with van der Waals surface area (Å²) >= 11 is 0. The highest BCUT2D eigenvalue weighted by Gasteiger charge is 2.33. The monoisotopic (exact) mass is 400 g/mol. The van der Waals surface area contributed by atoms with Crippen molar-refractivity contribution in [2.24, 2.45) is 0 Å². The second-order valence-electron chi connectivity index (χ2n) is 6.24. The highest BCUT2D eigenvalue weighted by molar-refractivity contribution is 6.18. The van der Waals surface area contributed by atoms with E-state index in [-0.39, 0.29) is 33.7 Å². The fourth-order valence-electron chi connectivity index (χ4n) is 3.23. The molecule has 3 aromatic rings. The van der Waals surface area contributed by atoms with Gasteiger partial charge in [-0.1, -0.05) is 12.1 Å². The van der Waals surface area contributed by atoms with Crippen molar-refractivity contribution in [2.45, 2.75) is 26.2 Å². The van der Waals surface area contributed by atoms with Gasteiger partial charge in [-0.3, -0.25) is 0 Å². The smallest absolute Gasteiger partial charge is 0.416 e. The number of hydrogen-bond donors (Lipinski definition) is 0. The van der Waals surface area contributed by atoms with E-state index >= 15 is 0 Å². The second kappa shape index (κ2) is 6.68. The van der Waals surface area contributed by atoms with Gasteiger partial charge in [-0.15, -0.1) is 0 Å². The molecule has 3 aromatic carbocycles. The summed E-state index contributed by atoms with van der Waals surface area (Å²) in [5, 5.41) is 0.254. The number of hydrogen-bond acceptors (Lipinski definition) is 2. The molecular weight excluding hydrogens is 386 g/mol. The van der Waals surface area contributed by atoms with Crippen molar-refractivity contribution in [3.05, 3.63) is 58.7 Å². The summed E-state index contributed by atoms with van der Waals surface area (Å²) < 4.78 is 83.9. The average Bonchev–Trinajstić information content (AvgIpc) is 2.60. The Balaban J connectivity index is 2.49. The molecule has 0 spiro atoms. The Morgan fingerprint density at radius 1 is 0.821 bits per heavy atom. The molecule has 0 saturated carbocycles. The Morgan fingerprint density at radius 2 is 1.29 bits per heavy atom. The summed E-state index contributed by atoms with van der Waals surface area (Å²) in [5.74, 6) is -0.744. The van der Waals surface area contributed by atoms with Crippen molar-refractivity contribution in [3.8, 4) is 0 Å². The zero-order chi connectivity index (χ0) is 20.9. The van der Waals surface area contributed by atoms with Crippen LogP contribution in [0.2, 0.25) is 0 Å². The molecule has 0 bridgehead atoms. The highest BCUT2D eigenvalue weighted by atomic mass is 19.4. The lowest BCUT2D eigenvalue weighted by atomic mass is 9.90.